The Morgan fingerprint density at radius 3 is 2.56 bits per heavy atom. The minimum atomic E-state index is -0.191. The number of hydrogen-bond acceptors (Lipinski definition) is 5. The van der Waals surface area contributed by atoms with Crippen molar-refractivity contribution in [2.75, 3.05) is 27.2 Å². The van der Waals surface area contributed by atoms with Gasteiger partial charge in [-0.15, -0.1) is 0 Å². The van der Waals surface area contributed by atoms with Gasteiger partial charge in [-0.1, -0.05) is 0 Å². The van der Waals surface area contributed by atoms with E-state index in [-0.39, 0.29) is 5.97 Å². The number of hydrazine groups is 1. The Hall–Kier alpha value is -0.650. The van der Waals surface area contributed by atoms with E-state index in [4.69, 9.17) is 5.84 Å². The quantitative estimate of drug-likeness (QED) is 0.398. The fraction of sp³-hybridized carbons (Fsp3) is 0.909. The van der Waals surface area contributed by atoms with Crippen LogP contribution < -0.4 is 11.2 Å². The average Bonchev–Trinajstić information content (AvgIpc) is 2.27. The number of carbonyl (C=O) groups is 1. The van der Waals surface area contributed by atoms with Crippen molar-refractivity contribution in [2.45, 2.75) is 31.7 Å². The van der Waals surface area contributed by atoms with E-state index in [1.165, 1.54) is 20.0 Å². The maximum atomic E-state index is 11.0. The highest BCUT2D eigenvalue weighted by atomic mass is 16.5. The Morgan fingerprint density at radius 2 is 2.06 bits per heavy atom. The molecule has 0 amide bonds. The van der Waals surface area contributed by atoms with Gasteiger partial charge < -0.3 is 10.1 Å². The molecule has 1 rings (SSSR count). The van der Waals surface area contributed by atoms with Crippen molar-refractivity contribution in [2.24, 2.45) is 11.8 Å². The normalized spacial score (nSPS) is 25.8. The van der Waals surface area contributed by atoms with Gasteiger partial charge in [0, 0.05) is 19.6 Å². The topological polar surface area (TPSA) is 67.6 Å². The molecule has 0 aliphatic heterocycles. The van der Waals surface area contributed by atoms with E-state index in [1.54, 1.807) is 5.01 Å². The summed E-state index contributed by atoms with van der Waals surface area (Å²) in [5.41, 5.74) is 0. The van der Waals surface area contributed by atoms with E-state index < -0.39 is 0 Å². The lowest BCUT2D eigenvalue weighted by atomic mass is 9.86. The number of methoxy groups -OCH3 is 1. The van der Waals surface area contributed by atoms with Crippen LogP contribution in [0.2, 0.25) is 0 Å². The Kier molecular flexibility index (Phi) is 5.73. The van der Waals surface area contributed by atoms with Crippen molar-refractivity contribution < 1.29 is 9.53 Å². The van der Waals surface area contributed by atoms with Gasteiger partial charge in [0.05, 0.1) is 13.7 Å². The van der Waals surface area contributed by atoms with Gasteiger partial charge >= 0.3 is 5.97 Å². The molecule has 0 aromatic rings. The Morgan fingerprint density at radius 1 is 1.44 bits per heavy atom. The minimum absolute atomic E-state index is 0.191. The van der Waals surface area contributed by atoms with Crippen LogP contribution in [0.1, 0.15) is 25.7 Å². The second-order valence-electron chi connectivity index (χ2n) is 4.61. The van der Waals surface area contributed by atoms with Crippen molar-refractivity contribution in [1.82, 2.24) is 10.3 Å². The second-order valence-corrected chi connectivity index (χ2v) is 4.61. The van der Waals surface area contributed by atoms with Gasteiger partial charge in [-0.25, -0.2) is 5.01 Å². The molecular weight excluding hydrogens is 206 g/mol. The fourth-order valence-electron chi connectivity index (χ4n) is 2.26. The molecule has 0 atom stereocenters. The van der Waals surface area contributed by atoms with Crippen LogP contribution in [-0.2, 0) is 9.53 Å². The van der Waals surface area contributed by atoms with E-state index in [2.05, 4.69) is 10.1 Å². The molecule has 0 spiro atoms. The number of carbonyl (C=O) groups excluding carboxylic acids is 1. The maximum Gasteiger partial charge on any atom is 0.319 e. The molecule has 5 heteroatoms. The van der Waals surface area contributed by atoms with Crippen LogP contribution in [-0.4, -0.2) is 44.3 Å². The predicted octanol–water partition coefficient (Wildman–Crippen LogP) is 0.113. The third-order valence-corrected chi connectivity index (χ3v) is 3.16. The van der Waals surface area contributed by atoms with Gasteiger partial charge in [-0.05, 0) is 31.6 Å². The first-order chi connectivity index (χ1) is 7.61. The number of nitrogens with one attached hydrogen (secondary N) is 1. The summed E-state index contributed by atoms with van der Waals surface area (Å²) in [5.74, 6) is 6.14. The van der Waals surface area contributed by atoms with Gasteiger partial charge in [-0.2, -0.15) is 0 Å². The first-order valence-electron chi connectivity index (χ1n) is 5.88. The molecule has 5 nitrogen and oxygen atoms in total. The standard InChI is InChI=1S/C11H23N3O2/c1-14(12)8-9-3-5-10(6-4-9)13-7-11(15)16-2/h9-10,13H,3-8,12H2,1-2H3. The van der Waals surface area contributed by atoms with Crippen molar-refractivity contribution in [3.8, 4) is 0 Å². The molecule has 1 aliphatic carbocycles. The molecule has 0 bridgehead atoms. The lowest BCUT2D eigenvalue weighted by Gasteiger charge is -2.30. The summed E-state index contributed by atoms with van der Waals surface area (Å²) in [6.45, 7) is 1.28. The van der Waals surface area contributed by atoms with Gasteiger partial charge in [-0.3, -0.25) is 10.6 Å². The number of esters is 1. The van der Waals surface area contributed by atoms with Gasteiger partial charge in [0.2, 0.25) is 0 Å². The first kappa shape index (κ1) is 13.4. The van der Waals surface area contributed by atoms with E-state index in [0.29, 0.717) is 18.5 Å². The van der Waals surface area contributed by atoms with E-state index >= 15 is 0 Å². The molecule has 0 aromatic carbocycles. The number of ether oxygens (including phenoxy) is 1. The monoisotopic (exact) mass is 229 g/mol. The van der Waals surface area contributed by atoms with Crippen LogP contribution in [0.4, 0.5) is 0 Å². The summed E-state index contributed by atoms with van der Waals surface area (Å²) in [6, 6.07) is 0.457. The summed E-state index contributed by atoms with van der Waals surface area (Å²) >= 11 is 0. The van der Waals surface area contributed by atoms with Crippen LogP contribution in [0.15, 0.2) is 0 Å². The summed E-state index contributed by atoms with van der Waals surface area (Å²) in [6.07, 6.45) is 4.60. The largest absolute Gasteiger partial charge is 0.468 e. The highest BCUT2D eigenvalue weighted by Gasteiger charge is 2.21. The zero-order chi connectivity index (χ0) is 12.0. The molecule has 1 fully saturated rings. The fourth-order valence-corrected chi connectivity index (χ4v) is 2.26. The SMILES string of the molecule is COC(=O)CNC1CCC(CN(C)N)CC1. The van der Waals surface area contributed by atoms with Crippen LogP contribution in [0.5, 0.6) is 0 Å². The zero-order valence-electron chi connectivity index (χ0n) is 10.2. The van der Waals surface area contributed by atoms with Crippen LogP contribution in [0.3, 0.4) is 0 Å². The minimum Gasteiger partial charge on any atom is -0.468 e. The van der Waals surface area contributed by atoms with Gasteiger partial charge in [0.25, 0.3) is 0 Å². The Labute approximate surface area is 97.3 Å². The molecule has 0 radical (unpaired) electrons. The number of nitrogens with two attached hydrogens (primary N) is 1. The number of hydrogen-bond donors (Lipinski definition) is 2. The van der Waals surface area contributed by atoms with E-state index in [1.807, 2.05) is 7.05 Å². The van der Waals surface area contributed by atoms with Gasteiger partial charge in [0.15, 0.2) is 0 Å². The lowest BCUT2D eigenvalue weighted by Crippen LogP contribution is -2.39. The lowest BCUT2D eigenvalue weighted by molar-refractivity contribution is -0.139. The smallest absolute Gasteiger partial charge is 0.319 e. The molecule has 1 aliphatic rings. The van der Waals surface area contributed by atoms with Crippen LogP contribution in [0, 0.1) is 5.92 Å². The van der Waals surface area contributed by atoms with Crippen molar-refractivity contribution in [1.29, 1.82) is 0 Å². The van der Waals surface area contributed by atoms with E-state index in [9.17, 15) is 4.79 Å². The molecule has 1 saturated carbocycles. The molecule has 16 heavy (non-hydrogen) atoms. The maximum absolute atomic E-state index is 11.0. The van der Waals surface area contributed by atoms with Crippen LogP contribution >= 0.6 is 0 Å². The molecule has 0 saturated heterocycles. The number of nitrogens with zero attached hydrogens (tertiary/aromatic N) is 1. The molecule has 0 heterocycles. The summed E-state index contributed by atoms with van der Waals surface area (Å²) < 4.78 is 4.59. The second kappa shape index (κ2) is 6.83. The predicted molar refractivity (Wildman–Crippen MR) is 62.6 cm³/mol. The summed E-state index contributed by atoms with van der Waals surface area (Å²) in [7, 11) is 3.32. The van der Waals surface area contributed by atoms with Gasteiger partial charge in [0.1, 0.15) is 0 Å². The summed E-state index contributed by atoms with van der Waals surface area (Å²) in [5, 5.41) is 4.98. The molecule has 3 N–H and O–H groups in total. The number of rotatable bonds is 5. The Bertz CT molecular complexity index is 213. The average molecular weight is 229 g/mol. The van der Waals surface area contributed by atoms with Crippen LogP contribution in [0.25, 0.3) is 0 Å². The zero-order valence-corrected chi connectivity index (χ0v) is 10.2. The first-order valence-corrected chi connectivity index (χ1v) is 5.88. The summed E-state index contributed by atoms with van der Waals surface area (Å²) in [4.78, 5) is 11.0. The van der Waals surface area contributed by atoms with E-state index in [0.717, 1.165) is 19.4 Å². The highest BCUT2D eigenvalue weighted by Crippen LogP contribution is 2.24. The van der Waals surface area contributed by atoms with Crippen molar-refractivity contribution in [3.05, 3.63) is 0 Å². The molecular formula is C11H23N3O2. The molecule has 94 valence electrons. The highest BCUT2D eigenvalue weighted by molar-refractivity contribution is 5.71. The van der Waals surface area contributed by atoms with Crippen molar-refractivity contribution >= 4 is 5.97 Å². The van der Waals surface area contributed by atoms with Crippen molar-refractivity contribution in [3.63, 3.8) is 0 Å². The molecule has 0 unspecified atom stereocenters. The Balaban J connectivity index is 2.14. The third-order valence-electron chi connectivity index (χ3n) is 3.16. The third kappa shape index (κ3) is 4.92. The molecule has 0 aromatic heterocycles.